The molecule has 2 saturated heterocycles. The highest BCUT2D eigenvalue weighted by Gasteiger charge is 2.41. The molecular formula is C25H36N4O2. The number of carbonyl (C=O) groups is 2. The van der Waals surface area contributed by atoms with Crippen LogP contribution >= 0.6 is 0 Å². The van der Waals surface area contributed by atoms with Crippen LogP contribution in [-0.2, 0) is 11.8 Å². The topological polar surface area (TPSA) is 66.4 Å². The number of nitrogens with zero attached hydrogens (tertiary/aromatic N) is 2. The third-order valence-electron chi connectivity index (χ3n) is 7.00. The SMILES string of the molecule is Cc1c(C(=O)NC[C@@H]2C[C@H]3CC[C@@H](C2)N3CC(=O)NC(C)(C)C)c2ccccc2n1C. The van der Waals surface area contributed by atoms with E-state index < -0.39 is 0 Å². The van der Waals surface area contributed by atoms with Gasteiger partial charge in [0.1, 0.15) is 0 Å². The summed E-state index contributed by atoms with van der Waals surface area (Å²) >= 11 is 0. The Morgan fingerprint density at radius 1 is 1.10 bits per heavy atom. The standard InChI is InChI=1S/C25H36N4O2/c1-16-23(20-8-6-7-9-21(20)28(16)5)24(31)26-14-17-12-18-10-11-19(13-17)29(18)15-22(30)27-25(2,3)4/h6-9,17-19H,10-15H2,1-5H3,(H,26,31)(H,27,30)/t17-,18-,19+. The fourth-order valence-electron chi connectivity index (χ4n) is 5.57. The van der Waals surface area contributed by atoms with Gasteiger partial charge in [0.25, 0.3) is 5.91 Å². The molecule has 6 heteroatoms. The quantitative estimate of drug-likeness (QED) is 0.773. The molecule has 0 saturated carbocycles. The molecule has 0 unspecified atom stereocenters. The number of piperidine rings is 1. The average molecular weight is 425 g/mol. The van der Waals surface area contributed by atoms with Crippen molar-refractivity contribution in [2.75, 3.05) is 13.1 Å². The number of aryl methyl sites for hydroxylation is 1. The Kier molecular flexibility index (Phi) is 5.86. The third kappa shape index (κ3) is 4.49. The van der Waals surface area contributed by atoms with Crippen LogP contribution in [0.4, 0.5) is 0 Å². The van der Waals surface area contributed by atoms with Gasteiger partial charge in [-0.2, -0.15) is 0 Å². The first-order valence-electron chi connectivity index (χ1n) is 11.5. The van der Waals surface area contributed by atoms with Crippen molar-refractivity contribution in [2.24, 2.45) is 13.0 Å². The lowest BCUT2D eigenvalue weighted by molar-refractivity contribution is -0.125. The molecule has 1 aromatic carbocycles. The molecule has 2 bridgehead atoms. The van der Waals surface area contributed by atoms with E-state index in [0.29, 0.717) is 31.1 Å². The Labute approximate surface area is 185 Å². The van der Waals surface area contributed by atoms with Crippen LogP contribution in [0, 0.1) is 12.8 Å². The number of benzene rings is 1. The molecule has 1 aromatic heterocycles. The van der Waals surface area contributed by atoms with Crippen LogP contribution in [0.2, 0.25) is 0 Å². The fourth-order valence-corrected chi connectivity index (χ4v) is 5.57. The van der Waals surface area contributed by atoms with Gasteiger partial charge in [0.2, 0.25) is 5.91 Å². The molecule has 2 aliphatic heterocycles. The van der Waals surface area contributed by atoms with Gasteiger partial charge in [-0.1, -0.05) is 18.2 Å². The van der Waals surface area contributed by atoms with Crippen molar-refractivity contribution in [3.63, 3.8) is 0 Å². The highest BCUT2D eigenvalue weighted by molar-refractivity contribution is 6.08. The molecule has 0 spiro atoms. The van der Waals surface area contributed by atoms with Crippen LogP contribution in [0.25, 0.3) is 10.9 Å². The van der Waals surface area contributed by atoms with Gasteiger partial charge in [0, 0.05) is 47.8 Å². The van der Waals surface area contributed by atoms with E-state index in [2.05, 4.69) is 26.2 Å². The van der Waals surface area contributed by atoms with E-state index in [0.717, 1.165) is 47.8 Å². The average Bonchev–Trinajstić information content (AvgIpc) is 3.07. The number of amides is 2. The lowest BCUT2D eigenvalue weighted by atomic mass is 9.90. The highest BCUT2D eigenvalue weighted by atomic mass is 16.2. The van der Waals surface area contributed by atoms with Crippen LogP contribution in [-0.4, -0.2) is 52.0 Å². The molecule has 0 aliphatic carbocycles. The van der Waals surface area contributed by atoms with Gasteiger partial charge < -0.3 is 15.2 Å². The Morgan fingerprint density at radius 3 is 2.39 bits per heavy atom. The summed E-state index contributed by atoms with van der Waals surface area (Å²) in [5, 5.41) is 7.32. The van der Waals surface area contributed by atoms with Gasteiger partial charge in [-0.05, 0) is 65.4 Å². The zero-order valence-electron chi connectivity index (χ0n) is 19.5. The molecule has 31 heavy (non-hydrogen) atoms. The second-order valence-corrected chi connectivity index (χ2v) is 10.4. The normalized spacial score (nSPS) is 23.8. The van der Waals surface area contributed by atoms with E-state index in [1.807, 2.05) is 52.9 Å². The second kappa shape index (κ2) is 8.30. The van der Waals surface area contributed by atoms with Crippen LogP contribution in [0.3, 0.4) is 0 Å². The first-order chi connectivity index (χ1) is 14.6. The maximum Gasteiger partial charge on any atom is 0.253 e. The monoisotopic (exact) mass is 424 g/mol. The van der Waals surface area contributed by atoms with Gasteiger partial charge in [-0.3, -0.25) is 14.5 Å². The van der Waals surface area contributed by atoms with Crippen molar-refractivity contribution in [1.29, 1.82) is 0 Å². The molecule has 2 aliphatic rings. The molecule has 2 fully saturated rings. The molecule has 3 atom stereocenters. The highest BCUT2D eigenvalue weighted by Crippen LogP contribution is 2.38. The number of nitrogens with one attached hydrogen (secondary N) is 2. The molecule has 168 valence electrons. The van der Waals surface area contributed by atoms with Crippen molar-refractivity contribution in [3.05, 3.63) is 35.5 Å². The van der Waals surface area contributed by atoms with Crippen LogP contribution in [0.1, 0.15) is 62.5 Å². The predicted octanol–water partition coefficient (Wildman–Crippen LogP) is 3.37. The molecule has 2 N–H and O–H groups in total. The van der Waals surface area contributed by atoms with Gasteiger partial charge in [-0.15, -0.1) is 0 Å². The third-order valence-corrected chi connectivity index (χ3v) is 7.00. The molecule has 2 amide bonds. The van der Waals surface area contributed by atoms with Crippen LogP contribution in [0.15, 0.2) is 24.3 Å². The van der Waals surface area contributed by atoms with Gasteiger partial charge in [0.05, 0.1) is 12.1 Å². The van der Waals surface area contributed by atoms with Gasteiger partial charge in [0.15, 0.2) is 0 Å². The Morgan fingerprint density at radius 2 is 1.74 bits per heavy atom. The number of para-hydroxylation sites is 1. The molecule has 6 nitrogen and oxygen atoms in total. The molecule has 0 radical (unpaired) electrons. The predicted molar refractivity (Wildman–Crippen MR) is 124 cm³/mol. The summed E-state index contributed by atoms with van der Waals surface area (Å²) in [5.74, 6) is 0.606. The second-order valence-electron chi connectivity index (χ2n) is 10.4. The van der Waals surface area contributed by atoms with Crippen molar-refractivity contribution in [2.45, 2.75) is 71.0 Å². The minimum absolute atomic E-state index is 0.0219. The van der Waals surface area contributed by atoms with E-state index in [9.17, 15) is 9.59 Å². The van der Waals surface area contributed by atoms with E-state index in [4.69, 9.17) is 0 Å². The Bertz CT molecular complexity index is 973. The number of carbonyl (C=O) groups excluding carboxylic acids is 2. The van der Waals surface area contributed by atoms with Crippen molar-refractivity contribution < 1.29 is 9.59 Å². The lowest BCUT2D eigenvalue weighted by Crippen LogP contribution is -2.52. The zero-order chi connectivity index (χ0) is 22.3. The lowest BCUT2D eigenvalue weighted by Gasteiger charge is -2.39. The van der Waals surface area contributed by atoms with Gasteiger partial charge in [-0.25, -0.2) is 0 Å². The first-order valence-corrected chi connectivity index (χ1v) is 11.5. The minimum Gasteiger partial charge on any atom is -0.352 e. The smallest absolute Gasteiger partial charge is 0.253 e. The van der Waals surface area contributed by atoms with Gasteiger partial charge >= 0.3 is 0 Å². The van der Waals surface area contributed by atoms with E-state index in [1.165, 1.54) is 0 Å². The summed E-state index contributed by atoms with van der Waals surface area (Å²) in [5.41, 5.74) is 2.68. The largest absolute Gasteiger partial charge is 0.352 e. The first kappa shape index (κ1) is 21.9. The minimum atomic E-state index is -0.196. The van der Waals surface area contributed by atoms with E-state index in [-0.39, 0.29) is 17.4 Å². The summed E-state index contributed by atoms with van der Waals surface area (Å²) in [6.45, 7) is 9.26. The fraction of sp³-hybridized carbons (Fsp3) is 0.600. The van der Waals surface area contributed by atoms with E-state index in [1.54, 1.807) is 0 Å². The number of fused-ring (bicyclic) bond motifs is 3. The number of hydrogen-bond donors (Lipinski definition) is 2. The Balaban J connectivity index is 1.36. The van der Waals surface area contributed by atoms with Crippen molar-refractivity contribution in [1.82, 2.24) is 20.1 Å². The summed E-state index contributed by atoms with van der Waals surface area (Å²) < 4.78 is 2.09. The summed E-state index contributed by atoms with van der Waals surface area (Å²) in [7, 11) is 2.01. The van der Waals surface area contributed by atoms with Crippen molar-refractivity contribution >= 4 is 22.7 Å². The summed E-state index contributed by atoms with van der Waals surface area (Å²) in [6, 6.07) is 8.98. The molecule has 4 rings (SSSR count). The maximum atomic E-state index is 13.1. The molecule has 3 heterocycles. The molecular weight excluding hydrogens is 388 g/mol. The number of aromatic nitrogens is 1. The Hall–Kier alpha value is -2.34. The van der Waals surface area contributed by atoms with Crippen LogP contribution < -0.4 is 10.6 Å². The zero-order valence-corrected chi connectivity index (χ0v) is 19.5. The molecule has 2 aromatic rings. The summed E-state index contributed by atoms with van der Waals surface area (Å²) in [4.78, 5) is 27.9. The summed E-state index contributed by atoms with van der Waals surface area (Å²) in [6.07, 6.45) is 4.41. The maximum absolute atomic E-state index is 13.1. The van der Waals surface area contributed by atoms with E-state index >= 15 is 0 Å². The van der Waals surface area contributed by atoms with Crippen molar-refractivity contribution in [3.8, 4) is 0 Å². The number of hydrogen-bond acceptors (Lipinski definition) is 3. The number of rotatable bonds is 5. The van der Waals surface area contributed by atoms with Crippen LogP contribution in [0.5, 0.6) is 0 Å².